The normalized spacial score (nSPS) is 27.1. The lowest BCUT2D eigenvalue weighted by molar-refractivity contribution is 0.508. The van der Waals surface area contributed by atoms with Crippen LogP contribution in [0.2, 0.25) is 0 Å². The third-order valence-electron chi connectivity index (χ3n) is 3.38. The van der Waals surface area contributed by atoms with Gasteiger partial charge in [-0.1, -0.05) is 29.8 Å². The quantitative estimate of drug-likeness (QED) is 0.848. The molecule has 2 N–H and O–H groups in total. The first kappa shape index (κ1) is 10.7. The number of nitriles is 1. The van der Waals surface area contributed by atoms with Gasteiger partial charge in [0, 0.05) is 10.0 Å². The van der Waals surface area contributed by atoms with Gasteiger partial charge in [-0.25, -0.2) is 0 Å². The maximum absolute atomic E-state index is 8.86. The maximum atomic E-state index is 8.86. The largest absolute Gasteiger partial charge is 0.321 e. The molecular formula is C12H13BrN2. The summed E-state index contributed by atoms with van der Waals surface area (Å²) in [5, 5.41) is 8.86. The molecule has 1 aromatic rings. The summed E-state index contributed by atoms with van der Waals surface area (Å²) in [4.78, 5) is 0. The van der Waals surface area contributed by atoms with E-state index in [1.165, 1.54) is 0 Å². The highest BCUT2D eigenvalue weighted by Gasteiger charge is 2.60. The van der Waals surface area contributed by atoms with Crippen molar-refractivity contribution >= 4 is 15.9 Å². The molecule has 3 heteroatoms. The lowest BCUT2D eigenvalue weighted by atomic mass is 9.96. The number of halogens is 1. The second kappa shape index (κ2) is 3.07. The van der Waals surface area contributed by atoms with Gasteiger partial charge < -0.3 is 5.73 Å². The van der Waals surface area contributed by atoms with E-state index in [0.29, 0.717) is 5.56 Å². The molecular weight excluding hydrogens is 252 g/mol. The molecule has 1 aliphatic rings. The van der Waals surface area contributed by atoms with Crippen LogP contribution in [0.15, 0.2) is 22.7 Å². The first-order valence-electron chi connectivity index (χ1n) is 4.90. The van der Waals surface area contributed by atoms with E-state index >= 15 is 0 Å². The highest BCUT2D eigenvalue weighted by Crippen LogP contribution is 2.61. The van der Waals surface area contributed by atoms with Crippen LogP contribution in [0.25, 0.3) is 0 Å². The number of nitrogens with zero attached hydrogens (tertiary/aromatic N) is 1. The van der Waals surface area contributed by atoms with Crippen LogP contribution in [0, 0.1) is 16.7 Å². The lowest BCUT2D eigenvalue weighted by Gasteiger charge is -2.17. The van der Waals surface area contributed by atoms with Crippen LogP contribution < -0.4 is 5.73 Å². The average molecular weight is 265 g/mol. The SMILES string of the molecule is CC1(C)CC1(N)c1cc(C#N)ccc1Br. The molecule has 1 aliphatic carbocycles. The van der Waals surface area contributed by atoms with E-state index in [9.17, 15) is 0 Å². The van der Waals surface area contributed by atoms with Crippen molar-refractivity contribution in [3.8, 4) is 6.07 Å². The van der Waals surface area contributed by atoms with E-state index in [2.05, 4.69) is 35.8 Å². The second-order valence-corrected chi connectivity index (χ2v) is 5.69. The van der Waals surface area contributed by atoms with Crippen LogP contribution in [0.4, 0.5) is 0 Å². The zero-order valence-corrected chi connectivity index (χ0v) is 10.4. The fourth-order valence-corrected chi connectivity index (χ4v) is 2.65. The third kappa shape index (κ3) is 1.49. The Morgan fingerprint density at radius 3 is 2.53 bits per heavy atom. The Hall–Kier alpha value is -0.850. The first-order chi connectivity index (χ1) is 6.90. The summed E-state index contributed by atoms with van der Waals surface area (Å²) in [5.41, 5.74) is 7.90. The second-order valence-electron chi connectivity index (χ2n) is 4.84. The van der Waals surface area contributed by atoms with E-state index in [1.807, 2.05) is 12.1 Å². The smallest absolute Gasteiger partial charge is 0.0991 e. The van der Waals surface area contributed by atoms with Crippen LogP contribution >= 0.6 is 15.9 Å². The van der Waals surface area contributed by atoms with Crippen molar-refractivity contribution in [3.05, 3.63) is 33.8 Å². The molecule has 2 rings (SSSR count). The molecule has 0 heterocycles. The first-order valence-corrected chi connectivity index (χ1v) is 5.69. The van der Waals surface area contributed by atoms with E-state index in [-0.39, 0.29) is 11.0 Å². The molecule has 1 unspecified atom stereocenters. The van der Waals surface area contributed by atoms with Crippen LogP contribution in [-0.2, 0) is 5.54 Å². The van der Waals surface area contributed by atoms with Crippen LogP contribution in [0.1, 0.15) is 31.4 Å². The summed E-state index contributed by atoms with van der Waals surface area (Å²) in [6, 6.07) is 7.73. The molecule has 1 saturated carbocycles. The van der Waals surface area contributed by atoms with Gasteiger partial charge in [0.1, 0.15) is 0 Å². The molecule has 1 fully saturated rings. The Kier molecular flexibility index (Phi) is 2.18. The predicted octanol–water partition coefficient (Wildman–Crippen LogP) is 2.90. The summed E-state index contributed by atoms with van der Waals surface area (Å²) in [6.45, 7) is 4.30. The Balaban J connectivity index is 2.51. The number of hydrogen-bond acceptors (Lipinski definition) is 2. The predicted molar refractivity (Wildman–Crippen MR) is 63.1 cm³/mol. The molecule has 0 radical (unpaired) electrons. The summed E-state index contributed by atoms with van der Waals surface area (Å²) in [7, 11) is 0. The van der Waals surface area contributed by atoms with E-state index in [1.54, 1.807) is 6.07 Å². The minimum atomic E-state index is -0.279. The van der Waals surface area contributed by atoms with Gasteiger partial charge >= 0.3 is 0 Å². The molecule has 0 aromatic heterocycles. The topological polar surface area (TPSA) is 49.8 Å². The highest BCUT2D eigenvalue weighted by molar-refractivity contribution is 9.10. The van der Waals surface area contributed by atoms with E-state index in [0.717, 1.165) is 16.5 Å². The number of nitrogens with two attached hydrogens (primary N) is 1. The Morgan fingerprint density at radius 1 is 1.47 bits per heavy atom. The molecule has 1 aromatic carbocycles. The molecule has 1 atom stereocenters. The van der Waals surface area contributed by atoms with Gasteiger partial charge in [-0.05, 0) is 35.6 Å². The average Bonchev–Trinajstić information content (AvgIpc) is 2.68. The van der Waals surface area contributed by atoms with Gasteiger partial charge in [-0.15, -0.1) is 0 Å². The van der Waals surface area contributed by atoms with Crippen LogP contribution in [-0.4, -0.2) is 0 Å². The van der Waals surface area contributed by atoms with E-state index in [4.69, 9.17) is 11.0 Å². The monoisotopic (exact) mass is 264 g/mol. The van der Waals surface area contributed by atoms with Crippen molar-refractivity contribution in [2.24, 2.45) is 11.1 Å². The fraction of sp³-hybridized carbons (Fsp3) is 0.417. The summed E-state index contributed by atoms with van der Waals surface area (Å²) >= 11 is 3.50. The minimum Gasteiger partial charge on any atom is -0.321 e. The summed E-state index contributed by atoms with van der Waals surface area (Å²) in [6.07, 6.45) is 0.966. The van der Waals surface area contributed by atoms with Crippen LogP contribution in [0.5, 0.6) is 0 Å². The zero-order chi connectivity index (χ0) is 11.3. The van der Waals surface area contributed by atoms with Gasteiger partial charge in [0.25, 0.3) is 0 Å². The van der Waals surface area contributed by atoms with Crippen molar-refractivity contribution in [1.82, 2.24) is 0 Å². The van der Waals surface area contributed by atoms with Gasteiger partial charge in [0.05, 0.1) is 11.6 Å². The van der Waals surface area contributed by atoms with Crippen molar-refractivity contribution < 1.29 is 0 Å². The molecule has 0 amide bonds. The van der Waals surface area contributed by atoms with Gasteiger partial charge in [0.2, 0.25) is 0 Å². The third-order valence-corrected chi connectivity index (χ3v) is 4.07. The molecule has 78 valence electrons. The molecule has 0 aliphatic heterocycles. The number of hydrogen-bond donors (Lipinski definition) is 1. The number of rotatable bonds is 1. The molecule has 0 spiro atoms. The Labute approximate surface area is 98.2 Å². The van der Waals surface area contributed by atoms with Gasteiger partial charge in [0.15, 0.2) is 0 Å². The molecule has 15 heavy (non-hydrogen) atoms. The zero-order valence-electron chi connectivity index (χ0n) is 8.84. The maximum Gasteiger partial charge on any atom is 0.0991 e. The minimum absolute atomic E-state index is 0.129. The van der Waals surface area contributed by atoms with Gasteiger partial charge in [-0.2, -0.15) is 5.26 Å². The summed E-state index contributed by atoms with van der Waals surface area (Å²) < 4.78 is 0.995. The lowest BCUT2D eigenvalue weighted by Crippen LogP contribution is -2.26. The fourth-order valence-electron chi connectivity index (χ4n) is 2.05. The molecule has 0 saturated heterocycles. The molecule has 0 bridgehead atoms. The van der Waals surface area contributed by atoms with Crippen molar-refractivity contribution in [2.75, 3.05) is 0 Å². The van der Waals surface area contributed by atoms with E-state index < -0.39 is 0 Å². The standard InChI is InChI=1S/C12H13BrN2/c1-11(2)7-12(11,15)9-5-8(6-14)3-4-10(9)13/h3-5H,7,15H2,1-2H3. The van der Waals surface area contributed by atoms with Crippen molar-refractivity contribution in [1.29, 1.82) is 5.26 Å². The number of benzene rings is 1. The summed E-state index contributed by atoms with van der Waals surface area (Å²) in [5.74, 6) is 0. The van der Waals surface area contributed by atoms with Crippen molar-refractivity contribution in [3.63, 3.8) is 0 Å². The van der Waals surface area contributed by atoms with Crippen LogP contribution in [0.3, 0.4) is 0 Å². The Morgan fingerprint density at radius 2 is 2.07 bits per heavy atom. The highest BCUT2D eigenvalue weighted by atomic mass is 79.9. The van der Waals surface area contributed by atoms with Gasteiger partial charge in [-0.3, -0.25) is 0 Å². The Bertz CT molecular complexity index is 459. The van der Waals surface area contributed by atoms with Crippen molar-refractivity contribution in [2.45, 2.75) is 25.8 Å². The molecule has 2 nitrogen and oxygen atoms in total.